The van der Waals surface area contributed by atoms with Gasteiger partial charge in [0.2, 0.25) is 0 Å². The zero-order valence-electron chi connectivity index (χ0n) is 22.0. The number of benzene rings is 1. The number of amides is 1. The highest BCUT2D eigenvalue weighted by atomic mass is 32.2. The first-order valence-corrected chi connectivity index (χ1v) is 14.3. The van der Waals surface area contributed by atoms with E-state index in [0.717, 1.165) is 50.2 Å². The van der Waals surface area contributed by atoms with Crippen molar-refractivity contribution < 1.29 is 4.79 Å². The molecule has 0 spiro atoms. The quantitative estimate of drug-likeness (QED) is 0.345. The minimum absolute atomic E-state index is 0.0156. The Morgan fingerprint density at radius 3 is 2.46 bits per heavy atom. The second kappa shape index (κ2) is 11.7. The first-order chi connectivity index (χ1) is 17.8. The zero-order valence-corrected chi connectivity index (χ0v) is 23.6. The molecule has 6 nitrogen and oxygen atoms in total. The van der Waals surface area contributed by atoms with Crippen molar-refractivity contribution in [2.75, 3.05) is 18.0 Å². The number of nitriles is 1. The smallest absolute Gasteiger partial charge is 0.270 e. The van der Waals surface area contributed by atoms with Crippen molar-refractivity contribution >= 4 is 46.1 Å². The molecule has 1 unspecified atom stereocenters. The van der Waals surface area contributed by atoms with Crippen molar-refractivity contribution in [3.05, 3.63) is 67.8 Å². The zero-order chi connectivity index (χ0) is 26.7. The predicted octanol–water partition coefficient (Wildman–Crippen LogP) is 5.51. The van der Waals surface area contributed by atoms with E-state index < -0.39 is 0 Å². The number of rotatable bonds is 7. The molecule has 2 aromatic rings. The Balaban J connectivity index is 1.72. The van der Waals surface area contributed by atoms with Gasteiger partial charge in [-0.1, -0.05) is 61.2 Å². The molecule has 37 heavy (non-hydrogen) atoms. The van der Waals surface area contributed by atoms with Crippen LogP contribution in [0.5, 0.6) is 0 Å². The fraction of sp³-hybridized carbons (Fsp3) is 0.448. The third-order valence-corrected chi connectivity index (χ3v) is 8.90. The number of carbonyl (C=O) groups excluding carboxylic acids is 1. The van der Waals surface area contributed by atoms with Gasteiger partial charge < -0.3 is 4.90 Å². The second-order valence-electron chi connectivity index (χ2n) is 9.83. The molecular formula is C29H34N4O2S2. The summed E-state index contributed by atoms with van der Waals surface area (Å²) in [5.41, 5.74) is 2.60. The highest BCUT2D eigenvalue weighted by Gasteiger charge is 2.36. The van der Waals surface area contributed by atoms with Gasteiger partial charge in [0, 0.05) is 31.2 Å². The van der Waals surface area contributed by atoms with E-state index in [9.17, 15) is 14.9 Å². The molecule has 1 amide bonds. The largest absolute Gasteiger partial charge is 0.357 e. The van der Waals surface area contributed by atoms with Gasteiger partial charge in [-0.05, 0) is 69.6 Å². The molecule has 3 heterocycles. The van der Waals surface area contributed by atoms with E-state index in [1.807, 2.05) is 39.8 Å². The maximum absolute atomic E-state index is 13.3. The Kier molecular flexibility index (Phi) is 8.56. The summed E-state index contributed by atoms with van der Waals surface area (Å²) in [4.78, 5) is 31.1. The van der Waals surface area contributed by atoms with Crippen molar-refractivity contribution in [3.8, 4) is 6.07 Å². The molecule has 2 saturated heterocycles. The summed E-state index contributed by atoms with van der Waals surface area (Å²) in [6.07, 6.45) is 5.74. The van der Waals surface area contributed by atoms with Gasteiger partial charge in [-0.2, -0.15) is 5.26 Å². The summed E-state index contributed by atoms with van der Waals surface area (Å²) in [7, 11) is 0. The molecule has 0 N–H and O–H groups in total. The van der Waals surface area contributed by atoms with Crippen LogP contribution in [0, 0.1) is 24.2 Å². The number of piperidine rings is 1. The lowest BCUT2D eigenvalue weighted by molar-refractivity contribution is -0.123. The van der Waals surface area contributed by atoms with Gasteiger partial charge in [-0.25, -0.2) is 0 Å². The number of carbonyl (C=O) groups is 1. The number of hydrogen-bond acceptors (Lipinski definition) is 6. The highest BCUT2D eigenvalue weighted by Crippen LogP contribution is 2.38. The van der Waals surface area contributed by atoms with Crippen LogP contribution in [0.2, 0.25) is 0 Å². The number of hydrogen-bond donors (Lipinski definition) is 0. The van der Waals surface area contributed by atoms with Gasteiger partial charge in [-0.3, -0.25) is 19.1 Å². The van der Waals surface area contributed by atoms with E-state index in [0.29, 0.717) is 27.3 Å². The summed E-state index contributed by atoms with van der Waals surface area (Å²) >= 11 is 6.84. The van der Waals surface area contributed by atoms with Gasteiger partial charge in [0.05, 0.1) is 4.91 Å². The topological polar surface area (TPSA) is 69.3 Å². The van der Waals surface area contributed by atoms with Crippen LogP contribution in [0.3, 0.4) is 0 Å². The minimum Gasteiger partial charge on any atom is -0.357 e. The number of aromatic nitrogens is 1. The molecule has 1 aromatic heterocycles. The Bertz CT molecular complexity index is 1320. The van der Waals surface area contributed by atoms with Gasteiger partial charge in [0.1, 0.15) is 21.8 Å². The number of anilines is 1. The fourth-order valence-corrected chi connectivity index (χ4v) is 6.69. The van der Waals surface area contributed by atoms with Crippen molar-refractivity contribution in [1.29, 1.82) is 5.26 Å². The Hall–Kier alpha value is -2.89. The van der Waals surface area contributed by atoms with Crippen LogP contribution in [0.15, 0.2) is 40.0 Å². The molecule has 2 aliphatic heterocycles. The van der Waals surface area contributed by atoms with Gasteiger partial charge in [0.15, 0.2) is 0 Å². The van der Waals surface area contributed by atoms with Crippen molar-refractivity contribution in [1.82, 2.24) is 9.47 Å². The summed E-state index contributed by atoms with van der Waals surface area (Å²) < 4.78 is 2.25. The van der Waals surface area contributed by atoms with Crippen molar-refractivity contribution in [3.63, 3.8) is 0 Å². The lowest BCUT2D eigenvalue weighted by Gasteiger charge is -2.36. The number of nitrogens with zero attached hydrogens (tertiary/aromatic N) is 4. The summed E-state index contributed by atoms with van der Waals surface area (Å²) in [6.45, 7) is 9.85. The Morgan fingerprint density at radius 2 is 1.86 bits per heavy atom. The third kappa shape index (κ3) is 5.39. The highest BCUT2D eigenvalue weighted by molar-refractivity contribution is 8.26. The second-order valence-corrected chi connectivity index (χ2v) is 11.5. The number of thiocarbonyl (C=S) groups is 1. The van der Waals surface area contributed by atoms with Crippen LogP contribution in [0.25, 0.3) is 6.08 Å². The normalized spacial score (nSPS) is 18.5. The van der Waals surface area contributed by atoms with E-state index in [1.54, 1.807) is 9.47 Å². The van der Waals surface area contributed by atoms with Gasteiger partial charge in [0.25, 0.3) is 11.5 Å². The van der Waals surface area contributed by atoms with E-state index in [4.69, 9.17) is 12.2 Å². The van der Waals surface area contributed by atoms with Crippen molar-refractivity contribution in [2.45, 2.75) is 66.0 Å². The summed E-state index contributed by atoms with van der Waals surface area (Å²) in [5, 5.41) is 9.82. The molecule has 4 rings (SSSR count). The SMILES string of the molecule is CCC(C)N1C(=O)/C(=C/c2c(C)c(C#N)c(=O)n(CC)c2N2CCC(Cc3ccccc3)CC2)SC1=S. The van der Waals surface area contributed by atoms with Crippen LogP contribution in [-0.4, -0.2) is 38.8 Å². The number of thioether (sulfide) groups is 1. The third-order valence-electron chi connectivity index (χ3n) is 7.57. The maximum atomic E-state index is 13.3. The monoisotopic (exact) mass is 534 g/mol. The molecule has 2 aliphatic rings. The van der Waals surface area contributed by atoms with Crippen LogP contribution in [0.1, 0.15) is 62.3 Å². The summed E-state index contributed by atoms with van der Waals surface area (Å²) in [5.74, 6) is 1.27. The van der Waals surface area contributed by atoms with E-state index in [1.165, 1.54) is 17.3 Å². The van der Waals surface area contributed by atoms with Crippen molar-refractivity contribution in [2.24, 2.45) is 5.92 Å². The Labute approximate surface area is 229 Å². The van der Waals surface area contributed by atoms with Crippen LogP contribution >= 0.6 is 24.0 Å². The average molecular weight is 535 g/mol. The molecule has 0 aliphatic carbocycles. The fourth-order valence-electron chi connectivity index (χ4n) is 5.25. The molecule has 8 heteroatoms. The predicted molar refractivity (Wildman–Crippen MR) is 156 cm³/mol. The first-order valence-electron chi connectivity index (χ1n) is 13.0. The lowest BCUT2D eigenvalue weighted by Crippen LogP contribution is -2.39. The molecule has 1 atom stereocenters. The standard InChI is InChI=1S/C29H34N4O2S2/c1-5-19(3)33-28(35)25(37-29(33)36)17-23-20(4)24(18-30)27(34)32(6-2)26(23)31-14-12-22(13-15-31)16-21-10-8-7-9-11-21/h7-11,17,19,22H,5-6,12-16H2,1-4H3/b25-17-. The van der Waals surface area contributed by atoms with E-state index in [2.05, 4.69) is 35.2 Å². The van der Waals surface area contributed by atoms with Gasteiger partial charge >= 0.3 is 0 Å². The number of pyridine rings is 1. The first kappa shape index (κ1) is 27.2. The minimum atomic E-state index is -0.270. The molecule has 194 valence electrons. The molecular weight excluding hydrogens is 500 g/mol. The molecule has 1 aromatic carbocycles. The van der Waals surface area contributed by atoms with E-state index in [-0.39, 0.29) is 23.1 Å². The van der Waals surface area contributed by atoms with Gasteiger partial charge in [-0.15, -0.1) is 0 Å². The summed E-state index contributed by atoms with van der Waals surface area (Å²) in [6, 6.07) is 12.7. The van der Waals surface area contributed by atoms with Crippen LogP contribution in [0.4, 0.5) is 5.82 Å². The van der Waals surface area contributed by atoms with E-state index >= 15 is 0 Å². The van der Waals surface area contributed by atoms with Crippen LogP contribution < -0.4 is 10.5 Å². The lowest BCUT2D eigenvalue weighted by atomic mass is 9.90. The molecule has 0 saturated carbocycles. The average Bonchev–Trinajstić information content (AvgIpc) is 3.18. The molecule has 0 bridgehead atoms. The van der Waals surface area contributed by atoms with Crippen LogP contribution in [-0.2, 0) is 17.8 Å². The maximum Gasteiger partial charge on any atom is 0.270 e. The molecule has 2 fully saturated rings. The Morgan fingerprint density at radius 1 is 1.19 bits per heavy atom. The molecule has 0 radical (unpaired) electrons.